The molecule has 0 bridgehead atoms. The summed E-state index contributed by atoms with van der Waals surface area (Å²) in [5.74, 6) is 0.118. The van der Waals surface area contributed by atoms with Crippen LogP contribution in [-0.4, -0.2) is 33.3 Å². The van der Waals surface area contributed by atoms with Gasteiger partial charge in [0.15, 0.2) is 0 Å². The van der Waals surface area contributed by atoms with Gasteiger partial charge < -0.3 is 19.7 Å². The summed E-state index contributed by atoms with van der Waals surface area (Å²) in [5, 5.41) is 29.6. The Morgan fingerprint density at radius 2 is 1.63 bits per heavy atom. The molecule has 0 amide bonds. The fraction of sp³-hybridized carbons (Fsp3) is 0.286. The highest BCUT2D eigenvalue weighted by atomic mass is 16.3. The van der Waals surface area contributed by atoms with Gasteiger partial charge in [-0.15, -0.1) is 0 Å². The van der Waals surface area contributed by atoms with Crippen LogP contribution < -0.4 is 5.43 Å². The minimum atomic E-state index is -0.355. The van der Waals surface area contributed by atoms with Crippen molar-refractivity contribution < 1.29 is 19.7 Å². The molecule has 1 aliphatic heterocycles. The molecule has 4 rings (SSSR count). The molecule has 0 unspecified atom stereocenters. The van der Waals surface area contributed by atoms with Gasteiger partial charge in [0.1, 0.15) is 34.0 Å². The summed E-state index contributed by atoms with van der Waals surface area (Å²) in [7, 11) is 0. The highest BCUT2D eigenvalue weighted by Gasteiger charge is 2.22. The van der Waals surface area contributed by atoms with Crippen LogP contribution >= 0.6 is 0 Å². The quantitative estimate of drug-likeness (QED) is 0.655. The molecular formula is C21H21NO5. The number of piperidine rings is 1. The van der Waals surface area contributed by atoms with E-state index in [-0.39, 0.29) is 33.6 Å². The first-order chi connectivity index (χ1) is 13.0. The van der Waals surface area contributed by atoms with Crippen molar-refractivity contribution in [3.05, 3.63) is 52.4 Å². The maximum absolute atomic E-state index is 13.2. The summed E-state index contributed by atoms with van der Waals surface area (Å²) < 4.78 is 6.00. The lowest BCUT2D eigenvalue weighted by molar-refractivity contribution is 0.206. The van der Waals surface area contributed by atoms with E-state index >= 15 is 0 Å². The molecular weight excluding hydrogens is 346 g/mol. The molecule has 2 aromatic carbocycles. The second kappa shape index (κ2) is 6.96. The minimum absolute atomic E-state index is 0.0401. The van der Waals surface area contributed by atoms with Gasteiger partial charge in [0.2, 0.25) is 5.43 Å². The summed E-state index contributed by atoms with van der Waals surface area (Å²) in [4.78, 5) is 15.5. The van der Waals surface area contributed by atoms with E-state index in [1.165, 1.54) is 24.6 Å². The van der Waals surface area contributed by atoms with Crippen LogP contribution in [0.4, 0.5) is 0 Å². The summed E-state index contributed by atoms with van der Waals surface area (Å²) in [5.41, 5.74) is 0.787. The summed E-state index contributed by atoms with van der Waals surface area (Å²) in [6.45, 7) is 2.34. The van der Waals surface area contributed by atoms with Crippen molar-refractivity contribution in [1.29, 1.82) is 0 Å². The van der Waals surface area contributed by atoms with Gasteiger partial charge in [0, 0.05) is 12.1 Å². The number of benzene rings is 2. The van der Waals surface area contributed by atoms with Gasteiger partial charge in [-0.3, -0.25) is 9.69 Å². The van der Waals surface area contributed by atoms with Crippen molar-refractivity contribution in [2.75, 3.05) is 13.1 Å². The van der Waals surface area contributed by atoms with Crippen LogP contribution in [0.25, 0.3) is 22.1 Å². The molecule has 0 radical (unpaired) electrons. The number of aromatic hydroxyl groups is 3. The zero-order chi connectivity index (χ0) is 19.0. The molecule has 6 nitrogen and oxygen atoms in total. The summed E-state index contributed by atoms with van der Waals surface area (Å²) in [6.07, 6.45) is 3.41. The molecule has 27 heavy (non-hydrogen) atoms. The molecule has 0 saturated carbocycles. The molecule has 0 atom stereocenters. The van der Waals surface area contributed by atoms with Crippen LogP contribution in [0.3, 0.4) is 0 Å². The Morgan fingerprint density at radius 1 is 0.926 bits per heavy atom. The zero-order valence-electron chi connectivity index (χ0n) is 14.8. The standard InChI is InChI=1S/C21H21NO5/c23-14-6-4-13(5-7-14)19-18(12-22-8-2-1-3-9-22)27-17-11-15(24)10-16(25)20(17)21(19)26/h4-7,10-11,23-25H,1-3,8-9,12H2. The Balaban J connectivity index is 1.93. The normalized spacial score (nSPS) is 15.3. The number of hydrogen-bond acceptors (Lipinski definition) is 6. The second-order valence-electron chi connectivity index (χ2n) is 6.95. The fourth-order valence-electron chi connectivity index (χ4n) is 3.68. The average Bonchev–Trinajstić information content (AvgIpc) is 2.63. The van der Waals surface area contributed by atoms with E-state index in [1.807, 2.05) is 0 Å². The summed E-state index contributed by atoms with van der Waals surface area (Å²) in [6, 6.07) is 8.82. The zero-order valence-corrected chi connectivity index (χ0v) is 14.8. The molecule has 3 N–H and O–H groups in total. The smallest absolute Gasteiger partial charge is 0.204 e. The third-order valence-corrected chi connectivity index (χ3v) is 5.00. The Labute approximate surface area is 155 Å². The van der Waals surface area contributed by atoms with Crippen molar-refractivity contribution in [2.45, 2.75) is 25.8 Å². The van der Waals surface area contributed by atoms with Crippen LogP contribution in [0.1, 0.15) is 25.0 Å². The van der Waals surface area contributed by atoms with Gasteiger partial charge >= 0.3 is 0 Å². The van der Waals surface area contributed by atoms with Crippen molar-refractivity contribution in [2.24, 2.45) is 0 Å². The predicted molar refractivity (Wildman–Crippen MR) is 102 cm³/mol. The van der Waals surface area contributed by atoms with Gasteiger partial charge in [-0.2, -0.15) is 0 Å². The van der Waals surface area contributed by atoms with Crippen molar-refractivity contribution in [1.82, 2.24) is 4.90 Å². The molecule has 1 aromatic heterocycles. The van der Waals surface area contributed by atoms with Gasteiger partial charge in [-0.25, -0.2) is 0 Å². The molecule has 1 saturated heterocycles. The van der Waals surface area contributed by atoms with Crippen LogP contribution in [-0.2, 0) is 6.54 Å². The molecule has 6 heteroatoms. The highest BCUT2D eigenvalue weighted by Crippen LogP contribution is 2.33. The number of fused-ring (bicyclic) bond motifs is 1. The third-order valence-electron chi connectivity index (χ3n) is 5.00. The molecule has 2 heterocycles. The number of phenols is 3. The van der Waals surface area contributed by atoms with E-state index in [9.17, 15) is 20.1 Å². The van der Waals surface area contributed by atoms with Crippen LogP contribution in [0.2, 0.25) is 0 Å². The molecule has 1 fully saturated rings. The lowest BCUT2D eigenvalue weighted by Gasteiger charge is -2.26. The number of nitrogens with zero attached hydrogens (tertiary/aromatic N) is 1. The van der Waals surface area contributed by atoms with E-state index in [0.717, 1.165) is 32.0 Å². The molecule has 3 aromatic rings. The first kappa shape index (κ1) is 17.4. The Morgan fingerprint density at radius 3 is 2.33 bits per heavy atom. The lowest BCUT2D eigenvalue weighted by Crippen LogP contribution is -2.30. The molecule has 0 spiro atoms. The SMILES string of the molecule is O=c1c(-c2ccc(O)cc2)c(CN2CCCCC2)oc2cc(O)cc(O)c12. The van der Waals surface area contributed by atoms with Crippen LogP contribution in [0.15, 0.2) is 45.6 Å². The first-order valence-corrected chi connectivity index (χ1v) is 9.06. The van der Waals surface area contributed by atoms with E-state index in [2.05, 4.69) is 4.90 Å². The molecule has 1 aliphatic rings. The third kappa shape index (κ3) is 3.36. The van der Waals surface area contributed by atoms with Gasteiger partial charge in [-0.05, 0) is 43.6 Å². The number of hydrogen-bond donors (Lipinski definition) is 3. The molecule has 140 valence electrons. The maximum atomic E-state index is 13.2. The number of likely N-dealkylation sites (tertiary alicyclic amines) is 1. The minimum Gasteiger partial charge on any atom is -0.508 e. The monoisotopic (exact) mass is 367 g/mol. The predicted octanol–water partition coefficient (Wildman–Crippen LogP) is 3.56. The highest BCUT2D eigenvalue weighted by molar-refractivity contribution is 5.88. The number of rotatable bonds is 3. The molecule has 0 aliphatic carbocycles. The topological polar surface area (TPSA) is 94.1 Å². The Kier molecular flexibility index (Phi) is 4.49. The summed E-state index contributed by atoms with van der Waals surface area (Å²) >= 11 is 0. The Hall–Kier alpha value is -2.99. The lowest BCUT2D eigenvalue weighted by atomic mass is 10.0. The van der Waals surface area contributed by atoms with E-state index < -0.39 is 0 Å². The first-order valence-electron chi connectivity index (χ1n) is 9.06. The Bertz CT molecular complexity index is 1030. The van der Waals surface area contributed by atoms with E-state index in [1.54, 1.807) is 12.1 Å². The largest absolute Gasteiger partial charge is 0.508 e. The van der Waals surface area contributed by atoms with Gasteiger partial charge in [0.25, 0.3) is 0 Å². The van der Waals surface area contributed by atoms with Crippen molar-refractivity contribution >= 4 is 11.0 Å². The van der Waals surface area contributed by atoms with Crippen molar-refractivity contribution in [3.8, 4) is 28.4 Å². The van der Waals surface area contributed by atoms with E-state index in [4.69, 9.17) is 4.42 Å². The van der Waals surface area contributed by atoms with E-state index in [0.29, 0.717) is 23.4 Å². The number of phenolic OH excluding ortho intramolecular Hbond substituents is 3. The fourth-order valence-corrected chi connectivity index (χ4v) is 3.68. The second-order valence-corrected chi connectivity index (χ2v) is 6.95. The van der Waals surface area contributed by atoms with Crippen LogP contribution in [0, 0.1) is 0 Å². The van der Waals surface area contributed by atoms with Crippen molar-refractivity contribution in [3.63, 3.8) is 0 Å². The van der Waals surface area contributed by atoms with Gasteiger partial charge in [-0.1, -0.05) is 18.6 Å². The van der Waals surface area contributed by atoms with Gasteiger partial charge in [0.05, 0.1) is 12.1 Å². The maximum Gasteiger partial charge on any atom is 0.204 e. The van der Waals surface area contributed by atoms with Crippen LogP contribution in [0.5, 0.6) is 17.2 Å². The average molecular weight is 367 g/mol.